The lowest BCUT2D eigenvalue weighted by atomic mass is 10.1. The average molecular weight is 296 g/mol. The van der Waals surface area contributed by atoms with Gasteiger partial charge in [0, 0.05) is 16.2 Å². The summed E-state index contributed by atoms with van der Waals surface area (Å²) in [5, 5.41) is 3.62. The highest BCUT2D eigenvalue weighted by atomic mass is 16.5. The van der Waals surface area contributed by atoms with Gasteiger partial charge in [-0.2, -0.15) is 0 Å². The number of hydrogen-bond acceptors (Lipinski definition) is 3. The fourth-order valence-corrected chi connectivity index (χ4v) is 2.03. The van der Waals surface area contributed by atoms with Gasteiger partial charge in [-0.3, -0.25) is 4.79 Å². The maximum Gasteiger partial charge on any atom is 0.248 e. The van der Waals surface area contributed by atoms with Crippen molar-refractivity contribution in [2.75, 3.05) is 6.61 Å². The summed E-state index contributed by atoms with van der Waals surface area (Å²) in [6.45, 7) is 0.957. The zero-order valence-electron chi connectivity index (χ0n) is 12.0. The van der Waals surface area contributed by atoms with Gasteiger partial charge in [-0.05, 0) is 35.2 Å². The van der Waals surface area contributed by atoms with Gasteiger partial charge in [0.25, 0.3) is 0 Å². The molecule has 2 rings (SSSR count). The normalized spacial score (nSPS) is 10.0. The van der Waals surface area contributed by atoms with E-state index in [4.69, 9.17) is 16.0 Å². The van der Waals surface area contributed by atoms with E-state index in [-0.39, 0.29) is 0 Å². The summed E-state index contributed by atoms with van der Waals surface area (Å²) in [7, 11) is 0. The zero-order valence-corrected chi connectivity index (χ0v) is 12.0. The lowest BCUT2D eigenvalue weighted by Gasteiger charge is -2.08. The highest BCUT2D eigenvalue weighted by Gasteiger charge is 2.06. The van der Waals surface area contributed by atoms with Crippen LogP contribution in [-0.4, -0.2) is 12.5 Å². The Bertz CT molecular complexity index is 695. The first kappa shape index (κ1) is 15.6. The van der Waals surface area contributed by atoms with Crippen LogP contribution in [0.5, 0.6) is 0 Å². The molecule has 6 nitrogen and oxygen atoms in total. The smallest absolute Gasteiger partial charge is 0.248 e. The number of rotatable bonds is 7. The molecule has 0 aliphatic heterocycles. The van der Waals surface area contributed by atoms with Crippen molar-refractivity contribution in [1.29, 1.82) is 0 Å². The molecule has 0 radical (unpaired) electrons. The van der Waals surface area contributed by atoms with Crippen molar-refractivity contribution in [3.63, 3.8) is 0 Å². The molecule has 112 valence electrons. The van der Waals surface area contributed by atoms with E-state index in [1.165, 1.54) is 0 Å². The van der Waals surface area contributed by atoms with Crippen LogP contribution in [0.25, 0.3) is 10.4 Å². The molecule has 0 saturated heterocycles. The summed E-state index contributed by atoms with van der Waals surface area (Å²) in [5.41, 5.74) is 16.5. The van der Waals surface area contributed by atoms with Gasteiger partial charge >= 0.3 is 0 Å². The number of benzene rings is 2. The Kier molecular flexibility index (Phi) is 5.54. The number of carbonyl (C=O) groups excluding carboxylic acids is 1. The molecule has 2 aromatic carbocycles. The van der Waals surface area contributed by atoms with Gasteiger partial charge < -0.3 is 10.5 Å². The second kappa shape index (κ2) is 7.83. The Morgan fingerprint density at radius 1 is 1.23 bits per heavy atom. The van der Waals surface area contributed by atoms with Gasteiger partial charge in [0.2, 0.25) is 5.91 Å². The topological polar surface area (TPSA) is 101 Å². The van der Waals surface area contributed by atoms with Gasteiger partial charge in [-0.25, -0.2) is 0 Å². The van der Waals surface area contributed by atoms with Crippen LogP contribution in [0.15, 0.2) is 53.6 Å². The molecule has 6 heteroatoms. The van der Waals surface area contributed by atoms with Crippen molar-refractivity contribution in [3.05, 3.63) is 75.7 Å². The molecule has 0 unspecified atom stereocenters. The molecule has 0 saturated carbocycles. The summed E-state index contributed by atoms with van der Waals surface area (Å²) < 4.78 is 5.61. The third kappa shape index (κ3) is 4.34. The number of hydrogen-bond donors (Lipinski definition) is 1. The number of ether oxygens (including phenoxy) is 1. The Hall–Kier alpha value is -2.82. The highest BCUT2D eigenvalue weighted by Crippen LogP contribution is 2.21. The molecule has 22 heavy (non-hydrogen) atoms. The number of primary amides is 1. The molecule has 0 spiro atoms. The summed E-state index contributed by atoms with van der Waals surface area (Å²) >= 11 is 0. The van der Waals surface area contributed by atoms with Crippen molar-refractivity contribution >= 4 is 11.6 Å². The first-order valence-corrected chi connectivity index (χ1v) is 6.80. The van der Waals surface area contributed by atoms with Crippen LogP contribution in [-0.2, 0) is 17.8 Å². The van der Waals surface area contributed by atoms with E-state index in [9.17, 15) is 4.79 Å². The zero-order chi connectivity index (χ0) is 15.8. The Balaban J connectivity index is 1.99. The van der Waals surface area contributed by atoms with Crippen LogP contribution in [0.2, 0.25) is 0 Å². The van der Waals surface area contributed by atoms with E-state index in [1.54, 1.807) is 18.2 Å². The van der Waals surface area contributed by atoms with E-state index in [1.807, 2.05) is 30.3 Å². The standard InChI is InChI=1S/C16H16N4O2/c17-16(21)14-6-7-15(19-20-18)13(10-14)8-9-22-11-12-4-2-1-3-5-12/h1-7,10H,8-9,11H2,(H2,17,21). The number of nitrogens with zero attached hydrogens (tertiary/aromatic N) is 3. The molecule has 0 bridgehead atoms. The van der Waals surface area contributed by atoms with Crippen LogP contribution in [0, 0.1) is 0 Å². The largest absolute Gasteiger partial charge is 0.376 e. The van der Waals surface area contributed by atoms with Crippen molar-refractivity contribution in [2.45, 2.75) is 13.0 Å². The molecule has 0 aromatic heterocycles. The maximum absolute atomic E-state index is 11.2. The molecule has 0 aliphatic carbocycles. The quantitative estimate of drug-likeness (QED) is 0.366. The molecule has 2 aromatic rings. The van der Waals surface area contributed by atoms with Crippen molar-refractivity contribution in [2.24, 2.45) is 10.8 Å². The van der Waals surface area contributed by atoms with Crippen LogP contribution < -0.4 is 5.73 Å². The SMILES string of the molecule is [N-]=[N+]=Nc1ccc(C(N)=O)cc1CCOCc1ccccc1. The lowest BCUT2D eigenvalue weighted by molar-refractivity contribution is 0.1000. The van der Waals surface area contributed by atoms with E-state index >= 15 is 0 Å². The highest BCUT2D eigenvalue weighted by molar-refractivity contribution is 5.93. The first-order chi connectivity index (χ1) is 10.7. The second-order valence-corrected chi connectivity index (χ2v) is 4.69. The number of carbonyl (C=O) groups is 1. The molecule has 2 N–H and O–H groups in total. The monoisotopic (exact) mass is 296 g/mol. The van der Waals surface area contributed by atoms with E-state index in [0.29, 0.717) is 30.9 Å². The van der Waals surface area contributed by atoms with Crippen molar-refractivity contribution < 1.29 is 9.53 Å². The third-order valence-electron chi connectivity index (χ3n) is 3.14. The first-order valence-electron chi connectivity index (χ1n) is 6.80. The van der Waals surface area contributed by atoms with Gasteiger partial charge in [-0.1, -0.05) is 41.5 Å². The molecule has 0 aliphatic rings. The second-order valence-electron chi connectivity index (χ2n) is 4.69. The molecule has 0 atom stereocenters. The van der Waals surface area contributed by atoms with Gasteiger partial charge in [0.05, 0.1) is 13.2 Å². The number of nitrogens with two attached hydrogens (primary N) is 1. The fraction of sp³-hybridized carbons (Fsp3) is 0.188. The number of amides is 1. The van der Waals surface area contributed by atoms with Crippen molar-refractivity contribution in [3.8, 4) is 0 Å². The number of azide groups is 1. The third-order valence-corrected chi connectivity index (χ3v) is 3.14. The van der Waals surface area contributed by atoms with Gasteiger partial charge in [0.1, 0.15) is 0 Å². The average Bonchev–Trinajstić information content (AvgIpc) is 2.54. The summed E-state index contributed by atoms with van der Waals surface area (Å²) in [5.74, 6) is -0.515. The molecule has 0 fully saturated rings. The summed E-state index contributed by atoms with van der Waals surface area (Å²) in [6, 6.07) is 14.6. The summed E-state index contributed by atoms with van der Waals surface area (Å²) in [6.07, 6.45) is 0.530. The maximum atomic E-state index is 11.2. The van der Waals surface area contributed by atoms with E-state index in [0.717, 1.165) is 11.1 Å². The molecule has 1 amide bonds. The van der Waals surface area contributed by atoms with Crippen LogP contribution in [0.3, 0.4) is 0 Å². The van der Waals surface area contributed by atoms with Crippen molar-refractivity contribution in [1.82, 2.24) is 0 Å². The predicted molar refractivity (Wildman–Crippen MR) is 83.6 cm³/mol. The molecule has 0 heterocycles. The fourth-order valence-electron chi connectivity index (χ4n) is 2.03. The Morgan fingerprint density at radius 2 is 2.00 bits per heavy atom. The Morgan fingerprint density at radius 3 is 2.68 bits per heavy atom. The Labute approximate surface area is 128 Å². The van der Waals surface area contributed by atoms with E-state index < -0.39 is 5.91 Å². The minimum absolute atomic E-state index is 0.384. The lowest BCUT2D eigenvalue weighted by Crippen LogP contribution is -2.11. The van der Waals surface area contributed by atoms with Crippen LogP contribution in [0.1, 0.15) is 21.5 Å². The predicted octanol–water partition coefficient (Wildman–Crippen LogP) is 3.49. The minimum Gasteiger partial charge on any atom is -0.376 e. The van der Waals surface area contributed by atoms with E-state index in [2.05, 4.69) is 10.0 Å². The molecular formula is C16H16N4O2. The molecular weight excluding hydrogens is 280 g/mol. The van der Waals surface area contributed by atoms with Crippen LogP contribution in [0.4, 0.5) is 5.69 Å². The van der Waals surface area contributed by atoms with Gasteiger partial charge in [-0.15, -0.1) is 0 Å². The summed E-state index contributed by atoms with van der Waals surface area (Å²) in [4.78, 5) is 14.0. The minimum atomic E-state index is -0.515. The van der Waals surface area contributed by atoms with Crippen LogP contribution >= 0.6 is 0 Å². The van der Waals surface area contributed by atoms with Gasteiger partial charge in [0.15, 0.2) is 0 Å².